The van der Waals surface area contributed by atoms with Crippen LogP contribution < -0.4 is 10.6 Å². The number of carbonyl (C=O) groups excluding carboxylic acids is 4. The van der Waals surface area contributed by atoms with Crippen LogP contribution >= 0.6 is 11.8 Å². The van der Waals surface area contributed by atoms with Crippen LogP contribution in [0.2, 0.25) is 0 Å². The third-order valence-electron chi connectivity index (χ3n) is 4.32. The van der Waals surface area contributed by atoms with E-state index in [9.17, 15) is 19.2 Å². The van der Waals surface area contributed by atoms with Gasteiger partial charge in [-0.2, -0.15) is 0 Å². The van der Waals surface area contributed by atoms with Crippen LogP contribution in [0.3, 0.4) is 0 Å². The summed E-state index contributed by atoms with van der Waals surface area (Å²) in [6.45, 7) is 1.86. The second-order valence-corrected chi connectivity index (χ2v) is 7.64. The smallest absolute Gasteiger partial charge is 0.293 e. The first kappa shape index (κ1) is 21.3. The molecule has 4 amide bonds. The summed E-state index contributed by atoms with van der Waals surface area (Å²) in [5, 5.41) is 4.78. The van der Waals surface area contributed by atoms with Crippen molar-refractivity contribution in [1.82, 2.24) is 15.5 Å². The van der Waals surface area contributed by atoms with Gasteiger partial charge in [0.1, 0.15) is 0 Å². The van der Waals surface area contributed by atoms with E-state index in [2.05, 4.69) is 10.6 Å². The van der Waals surface area contributed by atoms with Gasteiger partial charge in [-0.15, -0.1) is 0 Å². The molecule has 2 N–H and O–H groups in total. The van der Waals surface area contributed by atoms with Crippen LogP contribution in [0.5, 0.6) is 0 Å². The Balaban J connectivity index is 1.45. The number of nitrogens with zero attached hydrogens (tertiary/aromatic N) is 1. The van der Waals surface area contributed by atoms with Crippen LogP contribution in [-0.2, 0) is 9.59 Å². The van der Waals surface area contributed by atoms with Gasteiger partial charge in [0.2, 0.25) is 5.91 Å². The Bertz CT molecular complexity index is 1000. The fourth-order valence-electron chi connectivity index (χ4n) is 2.81. The number of imide groups is 1. The first-order chi connectivity index (χ1) is 14.4. The van der Waals surface area contributed by atoms with Gasteiger partial charge < -0.3 is 10.6 Å². The molecule has 7 nitrogen and oxygen atoms in total. The molecular formula is C22H21N3O4S. The van der Waals surface area contributed by atoms with Gasteiger partial charge in [0.25, 0.3) is 17.1 Å². The molecule has 8 heteroatoms. The molecule has 1 fully saturated rings. The number of benzene rings is 2. The first-order valence-corrected chi connectivity index (χ1v) is 10.2. The van der Waals surface area contributed by atoms with Gasteiger partial charge in [0.05, 0.1) is 11.4 Å². The van der Waals surface area contributed by atoms with E-state index in [0.29, 0.717) is 10.5 Å². The molecule has 1 aliphatic heterocycles. The highest BCUT2D eigenvalue weighted by molar-refractivity contribution is 8.18. The topological polar surface area (TPSA) is 95.6 Å². The molecule has 2 aromatic rings. The summed E-state index contributed by atoms with van der Waals surface area (Å²) >= 11 is 0.877. The van der Waals surface area contributed by atoms with Crippen LogP contribution in [0.1, 0.15) is 21.5 Å². The molecule has 0 aromatic heterocycles. The minimum absolute atomic E-state index is 0.0639. The monoisotopic (exact) mass is 423 g/mol. The predicted molar refractivity (Wildman–Crippen MR) is 116 cm³/mol. The molecule has 30 heavy (non-hydrogen) atoms. The summed E-state index contributed by atoms with van der Waals surface area (Å²) in [6, 6.07) is 16.3. The van der Waals surface area contributed by atoms with Crippen LogP contribution in [0.15, 0.2) is 59.5 Å². The molecule has 0 atom stereocenters. The fourth-order valence-corrected chi connectivity index (χ4v) is 3.68. The normalized spacial score (nSPS) is 14.8. The van der Waals surface area contributed by atoms with Gasteiger partial charge in [-0.3, -0.25) is 24.1 Å². The Morgan fingerprint density at radius 1 is 1.03 bits per heavy atom. The molecule has 2 aromatic carbocycles. The minimum atomic E-state index is -0.400. The van der Waals surface area contributed by atoms with E-state index in [1.54, 1.807) is 24.3 Å². The Labute approximate surface area is 178 Å². The molecule has 3 rings (SSSR count). The number of nitrogens with one attached hydrogen (secondary N) is 2. The van der Waals surface area contributed by atoms with Crippen molar-refractivity contribution in [2.45, 2.75) is 6.92 Å². The second kappa shape index (κ2) is 9.89. The van der Waals surface area contributed by atoms with Crippen molar-refractivity contribution in [1.29, 1.82) is 0 Å². The molecule has 1 aliphatic rings. The lowest BCUT2D eigenvalue weighted by Gasteiger charge is -2.13. The minimum Gasteiger partial charge on any atom is -0.353 e. The van der Waals surface area contributed by atoms with Gasteiger partial charge in [0.15, 0.2) is 0 Å². The summed E-state index contributed by atoms with van der Waals surface area (Å²) in [5.74, 6) is -1.12. The average Bonchev–Trinajstić information content (AvgIpc) is 3.00. The van der Waals surface area contributed by atoms with E-state index >= 15 is 0 Å². The first-order valence-electron chi connectivity index (χ1n) is 9.36. The zero-order chi connectivity index (χ0) is 21.5. The second-order valence-electron chi connectivity index (χ2n) is 6.65. The van der Waals surface area contributed by atoms with Crippen molar-refractivity contribution in [2.24, 2.45) is 0 Å². The van der Waals surface area contributed by atoms with Crippen molar-refractivity contribution in [3.8, 4) is 0 Å². The number of aryl methyl sites for hydroxylation is 1. The average molecular weight is 423 g/mol. The van der Waals surface area contributed by atoms with Crippen molar-refractivity contribution < 1.29 is 19.2 Å². The molecule has 0 spiro atoms. The van der Waals surface area contributed by atoms with E-state index in [1.165, 1.54) is 0 Å². The third-order valence-corrected chi connectivity index (χ3v) is 5.23. The summed E-state index contributed by atoms with van der Waals surface area (Å²) in [7, 11) is 0. The molecular weight excluding hydrogens is 402 g/mol. The maximum atomic E-state index is 12.4. The van der Waals surface area contributed by atoms with Crippen molar-refractivity contribution in [3.63, 3.8) is 0 Å². The SMILES string of the molecule is Cc1cccc(C(=O)NCC(=O)NCCN2C(=O)S/C(=C/c3ccccc3)C2=O)c1. The van der Waals surface area contributed by atoms with Crippen molar-refractivity contribution in [2.75, 3.05) is 19.6 Å². The molecule has 0 unspecified atom stereocenters. The van der Waals surface area contributed by atoms with Crippen LogP contribution in [-0.4, -0.2) is 47.5 Å². The lowest BCUT2D eigenvalue weighted by atomic mass is 10.1. The maximum absolute atomic E-state index is 12.4. The van der Waals surface area contributed by atoms with Gasteiger partial charge in [-0.25, -0.2) is 0 Å². The van der Waals surface area contributed by atoms with Gasteiger partial charge in [0, 0.05) is 18.7 Å². The largest absolute Gasteiger partial charge is 0.353 e. The zero-order valence-corrected chi connectivity index (χ0v) is 17.2. The number of hydrogen-bond acceptors (Lipinski definition) is 5. The third kappa shape index (κ3) is 5.57. The number of hydrogen-bond donors (Lipinski definition) is 2. The van der Waals surface area contributed by atoms with Gasteiger partial charge in [-0.1, -0.05) is 48.0 Å². The quantitative estimate of drug-likeness (QED) is 0.668. The van der Waals surface area contributed by atoms with Crippen LogP contribution in [0.25, 0.3) is 6.08 Å². The predicted octanol–water partition coefficient (Wildman–Crippen LogP) is 2.58. The Kier molecular flexibility index (Phi) is 7.03. The fraction of sp³-hybridized carbons (Fsp3) is 0.182. The van der Waals surface area contributed by atoms with Crippen LogP contribution in [0.4, 0.5) is 4.79 Å². The van der Waals surface area contributed by atoms with Crippen molar-refractivity contribution >= 4 is 40.8 Å². The molecule has 0 bridgehead atoms. The van der Waals surface area contributed by atoms with Crippen molar-refractivity contribution in [3.05, 3.63) is 76.2 Å². The van der Waals surface area contributed by atoms with Gasteiger partial charge >= 0.3 is 0 Å². The van der Waals surface area contributed by atoms with E-state index in [0.717, 1.165) is 27.8 Å². The van der Waals surface area contributed by atoms with Gasteiger partial charge in [-0.05, 0) is 42.5 Å². The van der Waals surface area contributed by atoms with E-state index < -0.39 is 5.91 Å². The number of amides is 4. The Morgan fingerprint density at radius 2 is 1.80 bits per heavy atom. The number of carbonyl (C=O) groups is 4. The summed E-state index contributed by atoms with van der Waals surface area (Å²) in [6.07, 6.45) is 1.67. The molecule has 1 heterocycles. The highest BCUT2D eigenvalue weighted by atomic mass is 32.2. The molecule has 1 saturated heterocycles. The summed E-state index contributed by atoms with van der Waals surface area (Å²) in [4.78, 5) is 50.0. The molecule has 0 radical (unpaired) electrons. The number of rotatable bonds is 7. The summed E-state index contributed by atoms with van der Waals surface area (Å²) in [5.41, 5.74) is 2.26. The highest BCUT2D eigenvalue weighted by Gasteiger charge is 2.34. The molecule has 154 valence electrons. The van der Waals surface area contributed by atoms with E-state index in [-0.39, 0.29) is 36.7 Å². The Hall–Kier alpha value is -3.39. The molecule has 0 aliphatic carbocycles. The lowest BCUT2D eigenvalue weighted by molar-refractivity contribution is -0.124. The summed E-state index contributed by atoms with van der Waals surface area (Å²) < 4.78 is 0. The molecule has 0 saturated carbocycles. The standard InChI is InChI=1S/C22H21N3O4S/c1-15-6-5-9-17(12-15)20(27)24-14-19(26)23-10-11-25-21(28)18(30-22(25)29)13-16-7-3-2-4-8-16/h2-9,12-13H,10-11,14H2,1H3,(H,23,26)(H,24,27)/b18-13+. The lowest BCUT2D eigenvalue weighted by Crippen LogP contribution is -2.41. The highest BCUT2D eigenvalue weighted by Crippen LogP contribution is 2.31. The zero-order valence-electron chi connectivity index (χ0n) is 16.4. The van der Waals surface area contributed by atoms with E-state index in [4.69, 9.17) is 0 Å². The maximum Gasteiger partial charge on any atom is 0.293 e. The van der Waals surface area contributed by atoms with E-state index in [1.807, 2.05) is 43.3 Å². The van der Waals surface area contributed by atoms with Crippen LogP contribution in [0, 0.1) is 6.92 Å². The number of thioether (sulfide) groups is 1. The Morgan fingerprint density at radius 3 is 2.53 bits per heavy atom.